The molecule has 1 amide bonds. The van der Waals surface area contributed by atoms with E-state index < -0.39 is 6.04 Å². The molecule has 1 atom stereocenters. The first kappa shape index (κ1) is 9.98. The maximum atomic E-state index is 11.4. The van der Waals surface area contributed by atoms with E-state index in [4.69, 9.17) is 5.73 Å². The molecule has 1 aromatic rings. The first-order valence-electron chi connectivity index (χ1n) is 5.10. The zero-order valence-corrected chi connectivity index (χ0v) is 8.71. The fourth-order valence-electron chi connectivity index (χ4n) is 1.62. The zero-order chi connectivity index (χ0) is 10.8. The summed E-state index contributed by atoms with van der Waals surface area (Å²) in [7, 11) is 0. The van der Waals surface area contributed by atoms with Gasteiger partial charge in [-0.25, -0.2) is 0 Å². The van der Waals surface area contributed by atoms with Gasteiger partial charge in [0.2, 0.25) is 5.91 Å². The molecule has 0 spiro atoms. The Labute approximate surface area is 88.9 Å². The molecule has 4 N–H and O–H groups in total. The van der Waals surface area contributed by atoms with Crippen LogP contribution < -0.4 is 16.4 Å². The number of carbonyl (C=O) groups is 1. The molecule has 0 saturated carbocycles. The second kappa shape index (κ2) is 3.90. The molecule has 4 nitrogen and oxygen atoms in total. The van der Waals surface area contributed by atoms with Gasteiger partial charge in [0.25, 0.3) is 0 Å². The Morgan fingerprint density at radius 1 is 1.60 bits per heavy atom. The molecule has 80 valence electrons. The van der Waals surface area contributed by atoms with Crippen LogP contribution in [0.2, 0.25) is 0 Å². The SMILES string of the molecule is C[C@@H](N)C(=O)Nc1ccc2c(c1)NCC2. The van der Waals surface area contributed by atoms with Gasteiger partial charge in [-0.3, -0.25) is 4.79 Å². The first-order chi connectivity index (χ1) is 7.16. The van der Waals surface area contributed by atoms with E-state index in [-0.39, 0.29) is 5.91 Å². The maximum Gasteiger partial charge on any atom is 0.240 e. The smallest absolute Gasteiger partial charge is 0.240 e. The molecule has 0 bridgehead atoms. The highest BCUT2D eigenvalue weighted by molar-refractivity contribution is 5.94. The van der Waals surface area contributed by atoms with Crippen molar-refractivity contribution in [2.75, 3.05) is 17.2 Å². The van der Waals surface area contributed by atoms with Gasteiger partial charge in [0.15, 0.2) is 0 Å². The van der Waals surface area contributed by atoms with Gasteiger partial charge in [0.05, 0.1) is 6.04 Å². The molecule has 0 aromatic heterocycles. The second-order valence-corrected chi connectivity index (χ2v) is 3.83. The quantitative estimate of drug-likeness (QED) is 0.673. The Hall–Kier alpha value is -1.55. The van der Waals surface area contributed by atoms with Crippen molar-refractivity contribution in [1.29, 1.82) is 0 Å². The highest BCUT2D eigenvalue weighted by Gasteiger charge is 2.12. The van der Waals surface area contributed by atoms with Crippen molar-refractivity contribution in [2.45, 2.75) is 19.4 Å². The Bertz CT molecular complexity index is 387. The van der Waals surface area contributed by atoms with E-state index >= 15 is 0 Å². The summed E-state index contributed by atoms with van der Waals surface area (Å²) in [4.78, 5) is 11.4. The average Bonchev–Trinajstić information content (AvgIpc) is 2.64. The fourth-order valence-corrected chi connectivity index (χ4v) is 1.62. The van der Waals surface area contributed by atoms with Crippen LogP contribution in [0, 0.1) is 0 Å². The summed E-state index contributed by atoms with van der Waals surface area (Å²) in [6, 6.07) is 5.41. The van der Waals surface area contributed by atoms with Crippen LogP contribution in [-0.4, -0.2) is 18.5 Å². The van der Waals surface area contributed by atoms with Crippen molar-refractivity contribution in [3.63, 3.8) is 0 Å². The number of hydrogen-bond acceptors (Lipinski definition) is 3. The lowest BCUT2D eigenvalue weighted by Gasteiger charge is -2.09. The molecule has 4 heteroatoms. The Morgan fingerprint density at radius 2 is 2.40 bits per heavy atom. The number of carbonyl (C=O) groups excluding carboxylic acids is 1. The minimum atomic E-state index is -0.480. The van der Waals surface area contributed by atoms with Gasteiger partial charge in [-0.05, 0) is 31.0 Å². The summed E-state index contributed by atoms with van der Waals surface area (Å²) in [5.41, 5.74) is 8.67. The van der Waals surface area contributed by atoms with Gasteiger partial charge >= 0.3 is 0 Å². The number of rotatable bonds is 2. The number of benzene rings is 1. The summed E-state index contributed by atoms with van der Waals surface area (Å²) in [5, 5.41) is 6.03. The van der Waals surface area contributed by atoms with Crippen molar-refractivity contribution in [2.24, 2.45) is 5.73 Å². The van der Waals surface area contributed by atoms with Crippen LogP contribution in [0.25, 0.3) is 0 Å². The molecule has 0 aliphatic carbocycles. The molecule has 0 unspecified atom stereocenters. The van der Waals surface area contributed by atoms with Gasteiger partial charge in [-0.2, -0.15) is 0 Å². The van der Waals surface area contributed by atoms with Gasteiger partial charge in [-0.1, -0.05) is 6.07 Å². The van der Waals surface area contributed by atoms with Gasteiger partial charge < -0.3 is 16.4 Å². The Balaban J connectivity index is 2.13. The second-order valence-electron chi connectivity index (χ2n) is 3.83. The molecule has 0 saturated heterocycles. The largest absolute Gasteiger partial charge is 0.384 e. The van der Waals surface area contributed by atoms with Crippen LogP contribution in [0.5, 0.6) is 0 Å². The molecule has 1 aliphatic rings. The van der Waals surface area contributed by atoms with Crippen molar-refractivity contribution < 1.29 is 4.79 Å². The molecule has 0 fully saturated rings. The maximum absolute atomic E-state index is 11.4. The predicted octanol–water partition coefficient (Wildman–Crippen LogP) is 0.940. The minimum absolute atomic E-state index is 0.159. The van der Waals surface area contributed by atoms with Gasteiger partial charge in [0, 0.05) is 17.9 Å². The molecule has 1 heterocycles. The lowest BCUT2D eigenvalue weighted by atomic mass is 10.1. The summed E-state index contributed by atoms with van der Waals surface area (Å²) >= 11 is 0. The molecule has 1 aromatic carbocycles. The first-order valence-corrected chi connectivity index (χ1v) is 5.10. The number of anilines is 2. The van der Waals surface area contributed by atoms with Crippen LogP contribution in [-0.2, 0) is 11.2 Å². The number of fused-ring (bicyclic) bond motifs is 1. The fraction of sp³-hybridized carbons (Fsp3) is 0.364. The van der Waals surface area contributed by atoms with Gasteiger partial charge in [0.1, 0.15) is 0 Å². The Morgan fingerprint density at radius 3 is 3.13 bits per heavy atom. The normalized spacial score (nSPS) is 15.3. The zero-order valence-electron chi connectivity index (χ0n) is 8.71. The van der Waals surface area contributed by atoms with E-state index in [0.717, 1.165) is 24.3 Å². The van der Waals surface area contributed by atoms with E-state index in [9.17, 15) is 4.79 Å². The third-order valence-corrected chi connectivity index (χ3v) is 2.50. The monoisotopic (exact) mass is 205 g/mol. The van der Waals surface area contributed by atoms with Crippen molar-refractivity contribution in [3.05, 3.63) is 23.8 Å². The van der Waals surface area contributed by atoms with Crippen molar-refractivity contribution in [3.8, 4) is 0 Å². The number of nitrogens with one attached hydrogen (secondary N) is 2. The number of hydrogen-bond donors (Lipinski definition) is 3. The minimum Gasteiger partial charge on any atom is -0.384 e. The molecular formula is C11H15N3O. The van der Waals surface area contributed by atoms with Gasteiger partial charge in [-0.15, -0.1) is 0 Å². The molecular weight excluding hydrogens is 190 g/mol. The van der Waals surface area contributed by atoms with Crippen LogP contribution in [0.4, 0.5) is 11.4 Å². The third kappa shape index (κ3) is 2.10. The lowest BCUT2D eigenvalue weighted by molar-refractivity contribution is -0.117. The predicted molar refractivity (Wildman–Crippen MR) is 60.9 cm³/mol. The summed E-state index contributed by atoms with van der Waals surface area (Å²) in [5.74, 6) is -0.159. The molecule has 1 aliphatic heterocycles. The van der Waals surface area contributed by atoms with Crippen LogP contribution in [0.15, 0.2) is 18.2 Å². The lowest BCUT2D eigenvalue weighted by Crippen LogP contribution is -2.32. The van der Waals surface area contributed by atoms with E-state index in [1.165, 1.54) is 5.56 Å². The summed E-state index contributed by atoms with van der Waals surface area (Å²) in [6.45, 7) is 2.64. The summed E-state index contributed by atoms with van der Waals surface area (Å²) < 4.78 is 0. The highest BCUT2D eigenvalue weighted by atomic mass is 16.2. The van der Waals surface area contributed by atoms with Crippen molar-refractivity contribution >= 4 is 17.3 Å². The van der Waals surface area contributed by atoms with Crippen molar-refractivity contribution in [1.82, 2.24) is 0 Å². The van der Waals surface area contributed by atoms with Crippen LogP contribution in [0.3, 0.4) is 0 Å². The van der Waals surface area contributed by atoms with Crippen LogP contribution >= 0.6 is 0 Å². The molecule has 0 radical (unpaired) electrons. The summed E-state index contributed by atoms with van der Waals surface area (Å²) in [6.07, 6.45) is 1.05. The average molecular weight is 205 g/mol. The van der Waals surface area contributed by atoms with E-state index in [0.29, 0.717) is 0 Å². The van der Waals surface area contributed by atoms with E-state index in [2.05, 4.69) is 10.6 Å². The third-order valence-electron chi connectivity index (χ3n) is 2.50. The number of amides is 1. The molecule has 15 heavy (non-hydrogen) atoms. The molecule has 2 rings (SSSR count). The van der Waals surface area contributed by atoms with E-state index in [1.807, 2.05) is 18.2 Å². The Kier molecular flexibility index (Phi) is 2.60. The topological polar surface area (TPSA) is 67.2 Å². The number of nitrogens with two attached hydrogens (primary N) is 1. The highest BCUT2D eigenvalue weighted by Crippen LogP contribution is 2.25. The van der Waals surface area contributed by atoms with Crippen LogP contribution in [0.1, 0.15) is 12.5 Å². The van der Waals surface area contributed by atoms with E-state index in [1.54, 1.807) is 6.92 Å². The standard InChI is InChI=1S/C11H15N3O/c1-7(12)11(15)14-9-3-2-8-4-5-13-10(8)6-9/h2-3,6-7,13H,4-5,12H2,1H3,(H,14,15)/t7-/m1/s1.